The molecule has 0 saturated carbocycles. The molecule has 3 rings (SSSR count). The van der Waals surface area contributed by atoms with Crippen LogP contribution in [-0.4, -0.2) is 25.6 Å². The number of benzene rings is 3. The number of ether oxygens (including phenoxy) is 2. The molecular formula is C24H23NO4. The molecule has 29 heavy (non-hydrogen) atoms. The van der Waals surface area contributed by atoms with Crippen molar-refractivity contribution in [3.05, 3.63) is 83.9 Å². The van der Waals surface area contributed by atoms with E-state index in [0.717, 1.165) is 27.6 Å². The van der Waals surface area contributed by atoms with E-state index in [1.165, 1.54) is 6.08 Å². The highest BCUT2D eigenvalue weighted by Gasteiger charge is 2.13. The van der Waals surface area contributed by atoms with Gasteiger partial charge in [-0.2, -0.15) is 0 Å². The molecule has 3 aromatic carbocycles. The van der Waals surface area contributed by atoms with Crippen LogP contribution in [0.5, 0.6) is 5.75 Å². The fourth-order valence-electron chi connectivity index (χ4n) is 3.05. The quantitative estimate of drug-likeness (QED) is 0.484. The molecule has 3 aromatic rings. The summed E-state index contributed by atoms with van der Waals surface area (Å²) < 4.78 is 10.1. The minimum absolute atomic E-state index is 0.206. The summed E-state index contributed by atoms with van der Waals surface area (Å²) >= 11 is 0. The van der Waals surface area contributed by atoms with Crippen molar-refractivity contribution in [2.24, 2.45) is 0 Å². The molecule has 0 heterocycles. The minimum atomic E-state index is -0.575. The van der Waals surface area contributed by atoms with E-state index in [2.05, 4.69) is 5.32 Å². The summed E-state index contributed by atoms with van der Waals surface area (Å²) in [5.41, 5.74) is 1.85. The predicted octanol–water partition coefficient (Wildman–Crippen LogP) is 4.28. The monoisotopic (exact) mass is 389 g/mol. The van der Waals surface area contributed by atoms with Gasteiger partial charge in [-0.1, -0.05) is 54.6 Å². The Kier molecular flexibility index (Phi) is 6.63. The first-order valence-corrected chi connectivity index (χ1v) is 9.33. The molecule has 0 fully saturated rings. The van der Waals surface area contributed by atoms with Gasteiger partial charge in [-0.15, -0.1) is 0 Å². The van der Waals surface area contributed by atoms with Gasteiger partial charge in [-0.3, -0.25) is 4.79 Å². The fraction of sp³-hybridized carbons (Fsp3) is 0.167. The van der Waals surface area contributed by atoms with Crippen molar-refractivity contribution in [2.45, 2.75) is 13.0 Å². The summed E-state index contributed by atoms with van der Waals surface area (Å²) in [6.45, 7) is 1.58. The van der Waals surface area contributed by atoms with E-state index in [1.54, 1.807) is 25.3 Å². The third kappa shape index (κ3) is 5.45. The number of hydrogen-bond donors (Lipinski definition) is 1. The van der Waals surface area contributed by atoms with Crippen molar-refractivity contribution in [3.63, 3.8) is 0 Å². The van der Waals surface area contributed by atoms with E-state index in [0.29, 0.717) is 0 Å². The Morgan fingerprint density at radius 3 is 2.48 bits per heavy atom. The number of nitrogens with one attached hydrogen (secondary N) is 1. The van der Waals surface area contributed by atoms with Gasteiger partial charge >= 0.3 is 5.97 Å². The van der Waals surface area contributed by atoms with Gasteiger partial charge in [0.2, 0.25) is 0 Å². The topological polar surface area (TPSA) is 64.6 Å². The number of fused-ring (bicyclic) bond motifs is 1. The number of esters is 1. The van der Waals surface area contributed by atoms with Crippen molar-refractivity contribution in [2.75, 3.05) is 13.7 Å². The smallest absolute Gasteiger partial charge is 0.331 e. The zero-order valence-electron chi connectivity index (χ0n) is 16.4. The van der Waals surface area contributed by atoms with Gasteiger partial charge < -0.3 is 14.8 Å². The Labute approximate surface area is 170 Å². The van der Waals surface area contributed by atoms with Gasteiger partial charge in [0, 0.05) is 6.08 Å². The van der Waals surface area contributed by atoms with Gasteiger partial charge in [-0.25, -0.2) is 4.79 Å². The second-order valence-electron chi connectivity index (χ2n) is 6.57. The zero-order chi connectivity index (χ0) is 20.6. The van der Waals surface area contributed by atoms with E-state index in [-0.39, 0.29) is 18.6 Å². The number of carbonyl (C=O) groups excluding carboxylic acids is 2. The summed E-state index contributed by atoms with van der Waals surface area (Å²) in [5.74, 6) is -0.188. The van der Waals surface area contributed by atoms with Crippen molar-refractivity contribution >= 4 is 28.7 Å². The molecule has 148 valence electrons. The number of carbonyl (C=O) groups is 2. The maximum absolute atomic E-state index is 12.2. The Morgan fingerprint density at radius 1 is 1.00 bits per heavy atom. The Morgan fingerprint density at radius 2 is 1.72 bits per heavy atom. The second-order valence-corrected chi connectivity index (χ2v) is 6.57. The average Bonchev–Trinajstić information content (AvgIpc) is 2.76. The van der Waals surface area contributed by atoms with Gasteiger partial charge in [0.25, 0.3) is 5.91 Å². The van der Waals surface area contributed by atoms with Gasteiger partial charge in [-0.05, 0) is 47.0 Å². The van der Waals surface area contributed by atoms with Gasteiger partial charge in [0.1, 0.15) is 5.75 Å². The average molecular weight is 389 g/mol. The number of hydrogen-bond acceptors (Lipinski definition) is 4. The standard InChI is InChI=1S/C24H23NO4/c1-17(21-9-5-7-19-6-3-4-8-22(19)21)25-23(26)16-29-24(27)15-12-18-10-13-20(28-2)14-11-18/h3-15,17H,16H2,1-2H3,(H,25,26)/b15-12+/t17-/m0/s1. The lowest BCUT2D eigenvalue weighted by Crippen LogP contribution is -2.31. The fourth-order valence-corrected chi connectivity index (χ4v) is 3.05. The summed E-state index contributed by atoms with van der Waals surface area (Å²) in [5, 5.41) is 5.07. The van der Waals surface area contributed by atoms with Crippen LogP contribution in [0.15, 0.2) is 72.8 Å². The van der Waals surface area contributed by atoms with Crippen molar-refractivity contribution in [1.82, 2.24) is 5.32 Å². The molecule has 0 aliphatic carbocycles. The molecule has 5 heteroatoms. The largest absolute Gasteiger partial charge is 0.497 e. The predicted molar refractivity (Wildman–Crippen MR) is 113 cm³/mol. The molecule has 0 bridgehead atoms. The molecule has 1 atom stereocenters. The molecule has 0 saturated heterocycles. The summed E-state index contributed by atoms with van der Waals surface area (Å²) in [4.78, 5) is 24.0. The third-order valence-electron chi connectivity index (χ3n) is 4.54. The second kappa shape index (κ2) is 9.55. The molecule has 0 aromatic heterocycles. The molecule has 0 aliphatic heterocycles. The van der Waals surface area contributed by atoms with Crippen LogP contribution < -0.4 is 10.1 Å². The molecule has 0 aliphatic rings. The first-order chi connectivity index (χ1) is 14.1. The zero-order valence-corrected chi connectivity index (χ0v) is 16.4. The van der Waals surface area contributed by atoms with E-state index >= 15 is 0 Å². The summed E-state index contributed by atoms with van der Waals surface area (Å²) in [6.07, 6.45) is 2.92. The van der Waals surface area contributed by atoms with Gasteiger partial charge in [0.05, 0.1) is 13.2 Å². The lowest BCUT2D eigenvalue weighted by Gasteiger charge is -2.16. The highest BCUT2D eigenvalue weighted by atomic mass is 16.5. The number of methoxy groups -OCH3 is 1. The van der Waals surface area contributed by atoms with Crippen LogP contribution in [0.1, 0.15) is 24.1 Å². The maximum atomic E-state index is 12.2. The van der Waals surface area contributed by atoms with Crippen LogP contribution in [0.4, 0.5) is 0 Å². The SMILES string of the molecule is COc1ccc(/C=C/C(=O)OCC(=O)N[C@@H](C)c2cccc3ccccc23)cc1. The molecule has 0 radical (unpaired) electrons. The van der Waals surface area contributed by atoms with E-state index in [1.807, 2.05) is 61.5 Å². The third-order valence-corrected chi connectivity index (χ3v) is 4.54. The first kappa shape index (κ1) is 20.1. The van der Waals surface area contributed by atoms with Crippen molar-refractivity contribution in [1.29, 1.82) is 0 Å². The maximum Gasteiger partial charge on any atom is 0.331 e. The van der Waals surface area contributed by atoms with Crippen LogP contribution in [0.3, 0.4) is 0 Å². The highest BCUT2D eigenvalue weighted by Crippen LogP contribution is 2.23. The normalized spacial score (nSPS) is 11.9. The Bertz CT molecular complexity index is 1020. The number of amides is 1. The van der Waals surface area contributed by atoms with Crippen LogP contribution in [0.25, 0.3) is 16.8 Å². The van der Waals surface area contributed by atoms with Crippen LogP contribution in [-0.2, 0) is 14.3 Å². The van der Waals surface area contributed by atoms with E-state index < -0.39 is 5.97 Å². The van der Waals surface area contributed by atoms with Gasteiger partial charge in [0.15, 0.2) is 6.61 Å². The molecule has 0 unspecified atom stereocenters. The molecular weight excluding hydrogens is 366 g/mol. The minimum Gasteiger partial charge on any atom is -0.497 e. The van der Waals surface area contributed by atoms with Crippen molar-refractivity contribution < 1.29 is 19.1 Å². The molecule has 5 nitrogen and oxygen atoms in total. The first-order valence-electron chi connectivity index (χ1n) is 9.33. The van der Waals surface area contributed by atoms with Crippen LogP contribution in [0.2, 0.25) is 0 Å². The van der Waals surface area contributed by atoms with E-state index in [4.69, 9.17) is 9.47 Å². The summed E-state index contributed by atoms with van der Waals surface area (Å²) in [6, 6.07) is 21.0. The Hall–Kier alpha value is -3.60. The molecule has 1 amide bonds. The van der Waals surface area contributed by atoms with E-state index in [9.17, 15) is 9.59 Å². The van der Waals surface area contributed by atoms with Crippen LogP contribution in [0, 0.1) is 0 Å². The summed E-state index contributed by atoms with van der Waals surface area (Å²) in [7, 11) is 1.59. The number of rotatable bonds is 7. The molecule has 1 N–H and O–H groups in total. The van der Waals surface area contributed by atoms with Crippen molar-refractivity contribution in [3.8, 4) is 5.75 Å². The lowest BCUT2D eigenvalue weighted by atomic mass is 10.00. The highest BCUT2D eigenvalue weighted by molar-refractivity contribution is 5.90. The Balaban J connectivity index is 1.52. The van der Waals surface area contributed by atoms with Crippen LogP contribution >= 0.6 is 0 Å². The molecule has 0 spiro atoms. The lowest BCUT2D eigenvalue weighted by molar-refractivity contribution is -0.144.